The van der Waals surface area contributed by atoms with Crippen molar-refractivity contribution >= 4 is 45.8 Å². The van der Waals surface area contributed by atoms with E-state index in [-0.39, 0.29) is 11.5 Å². The molecule has 1 N–H and O–H groups in total. The van der Waals surface area contributed by atoms with Crippen LogP contribution in [0.5, 0.6) is 0 Å². The maximum absolute atomic E-state index is 13.3. The van der Waals surface area contributed by atoms with E-state index in [0.717, 1.165) is 51.9 Å². The molecule has 0 spiro atoms. The van der Waals surface area contributed by atoms with Gasteiger partial charge in [-0.3, -0.25) is 9.78 Å². The summed E-state index contributed by atoms with van der Waals surface area (Å²) >= 11 is 1.24. The minimum Gasteiger partial charge on any atom is -0.462 e. The van der Waals surface area contributed by atoms with Crippen molar-refractivity contribution in [3.05, 3.63) is 82.4 Å². The molecule has 2 aromatic carbocycles. The van der Waals surface area contributed by atoms with Crippen LogP contribution in [0.2, 0.25) is 0 Å². The van der Waals surface area contributed by atoms with Crippen molar-refractivity contribution in [1.29, 1.82) is 0 Å². The zero-order chi connectivity index (χ0) is 26.6. The number of anilines is 1. The van der Waals surface area contributed by atoms with Crippen LogP contribution >= 0.6 is 11.3 Å². The monoisotopic (exact) mass is 528 g/mol. The highest BCUT2D eigenvalue weighted by molar-refractivity contribution is 7.18. The SMILES string of the molecule is CCOC(=O)c1sc(-c2ccccc2)cc1NC(=O)COC(=O)c1c2c(nc3ccccc13)CCC(C)C2. The summed E-state index contributed by atoms with van der Waals surface area (Å²) in [5.41, 5.74) is 4.29. The van der Waals surface area contributed by atoms with Crippen LogP contribution in [0.4, 0.5) is 5.69 Å². The number of rotatable bonds is 7. The topological polar surface area (TPSA) is 94.6 Å². The Hall–Kier alpha value is -4.04. The van der Waals surface area contributed by atoms with Crippen molar-refractivity contribution in [3.63, 3.8) is 0 Å². The highest BCUT2D eigenvalue weighted by Crippen LogP contribution is 2.36. The number of ether oxygens (including phenoxy) is 2. The standard InChI is InChI=1S/C30H28N2O5S/c1-3-36-30(35)28-24(16-25(38-28)19-9-5-4-6-10-19)32-26(33)17-37-29(34)27-20-11-7-8-12-22(20)31-23-14-13-18(2)15-21(23)27/h4-12,16,18H,3,13-15,17H2,1-2H3,(H,32,33). The minimum absolute atomic E-state index is 0.214. The summed E-state index contributed by atoms with van der Waals surface area (Å²) in [7, 11) is 0. The third kappa shape index (κ3) is 5.31. The van der Waals surface area contributed by atoms with Gasteiger partial charge in [0.05, 0.1) is 23.4 Å². The highest BCUT2D eigenvalue weighted by Gasteiger charge is 2.27. The maximum atomic E-state index is 13.3. The number of thiophene rings is 1. The lowest BCUT2D eigenvalue weighted by atomic mass is 9.84. The molecule has 7 nitrogen and oxygen atoms in total. The fraction of sp³-hybridized carbons (Fsp3) is 0.267. The first kappa shape index (κ1) is 25.6. The van der Waals surface area contributed by atoms with Crippen molar-refractivity contribution < 1.29 is 23.9 Å². The van der Waals surface area contributed by atoms with E-state index in [2.05, 4.69) is 12.2 Å². The molecule has 0 aliphatic heterocycles. The van der Waals surface area contributed by atoms with Crippen molar-refractivity contribution in [2.24, 2.45) is 5.92 Å². The zero-order valence-corrected chi connectivity index (χ0v) is 22.1. The Morgan fingerprint density at radius 3 is 2.58 bits per heavy atom. The Labute approximate surface area is 224 Å². The van der Waals surface area contributed by atoms with E-state index in [1.807, 2.05) is 54.6 Å². The van der Waals surface area contributed by atoms with E-state index in [9.17, 15) is 14.4 Å². The van der Waals surface area contributed by atoms with E-state index >= 15 is 0 Å². The van der Waals surface area contributed by atoms with Crippen LogP contribution in [0.3, 0.4) is 0 Å². The van der Waals surface area contributed by atoms with Gasteiger partial charge in [0.2, 0.25) is 0 Å². The maximum Gasteiger partial charge on any atom is 0.350 e. The van der Waals surface area contributed by atoms with E-state index in [1.54, 1.807) is 13.0 Å². The Morgan fingerprint density at radius 2 is 1.79 bits per heavy atom. The number of benzene rings is 2. The highest BCUT2D eigenvalue weighted by atomic mass is 32.1. The molecular weight excluding hydrogens is 500 g/mol. The van der Waals surface area contributed by atoms with Crippen LogP contribution < -0.4 is 5.32 Å². The average molecular weight is 529 g/mol. The van der Waals surface area contributed by atoms with E-state index in [4.69, 9.17) is 14.5 Å². The second-order valence-electron chi connectivity index (χ2n) is 9.34. The molecule has 0 radical (unpaired) electrons. The molecule has 0 bridgehead atoms. The largest absolute Gasteiger partial charge is 0.462 e. The molecule has 2 aromatic heterocycles. The van der Waals surface area contributed by atoms with Gasteiger partial charge in [0.1, 0.15) is 4.88 Å². The molecule has 2 heterocycles. The number of carbonyl (C=O) groups is 3. The van der Waals surface area contributed by atoms with Crippen LogP contribution in [-0.2, 0) is 27.1 Å². The third-order valence-corrected chi connectivity index (χ3v) is 7.73. The Kier molecular flexibility index (Phi) is 7.51. The van der Waals surface area contributed by atoms with Gasteiger partial charge in [-0.05, 0) is 55.4 Å². The van der Waals surface area contributed by atoms with Crippen LogP contribution in [0.25, 0.3) is 21.3 Å². The number of fused-ring (bicyclic) bond motifs is 2. The number of aryl methyl sites for hydroxylation is 1. The van der Waals surface area contributed by atoms with Gasteiger partial charge < -0.3 is 14.8 Å². The number of hydrogen-bond donors (Lipinski definition) is 1. The average Bonchev–Trinajstić information content (AvgIpc) is 3.35. The van der Waals surface area contributed by atoms with Crippen molar-refractivity contribution in [2.45, 2.75) is 33.1 Å². The van der Waals surface area contributed by atoms with E-state index in [1.165, 1.54) is 11.3 Å². The Bertz CT molecular complexity index is 1510. The van der Waals surface area contributed by atoms with Gasteiger partial charge in [0, 0.05) is 16.0 Å². The number of nitrogens with one attached hydrogen (secondary N) is 1. The van der Waals surface area contributed by atoms with Crippen LogP contribution in [0.15, 0.2) is 60.7 Å². The summed E-state index contributed by atoms with van der Waals surface area (Å²) in [4.78, 5) is 44.7. The zero-order valence-electron chi connectivity index (χ0n) is 21.3. The fourth-order valence-electron chi connectivity index (χ4n) is 4.76. The summed E-state index contributed by atoms with van der Waals surface area (Å²) in [5.74, 6) is -1.18. The molecule has 1 amide bonds. The lowest BCUT2D eigenvalue weighted by Crippen LogP contribution is -2.24. The van der Waals surface area contributed by atoms with Gasteiger partial charge in [0.25, 0.3) is 5.91 Å². The lowest BCUT2D eigenvalue weighted by Gasteiger charge is -2.24. The first-order chi connectivity index (χ1) is 18.4. The minimum atomic E-state index is -0.551. The number of aromatic nitrogens is 1. The number of hydrogen-bond acceptors (Lipinski definition) is 7. The number of esters is 2. The number of nitrogens with zero attached hydrogens (tertiary/aromatic N) is 1. The summed E-state index contributed by atoms with van der Waals surface area (Å²) < 4.78 is 10.7. The molecule has 5 rings (SSSR count). The second kappa shape index (κ2) is 11.1. The van der Waals surface area contributed by atoms with Crippen molar-refractivity contribution in [3.8, 4) is 10.4 Å². The van der Waals surface area contributed by atoms with Crippen molar-refractivity contribution in [1.82, 2.24) is 4.98 Å². The quantitative estimate of drug-likeness (QED) is 0.293. The molecule has 4 aromatic rings. The summed E-state index contributed by atoms with van der Waals surface area (Å²) in [6.07, 6.45) is 2.56. The van der Waals surface area contributed by atoms with Gasteiger partial charge in [-0.25, -0.2) is 9.59 Å². The first-order valence-electron chi connectivity index (χ1n) is 12.7. The molecule has 0 saturated carbocycles. The smallest absolute Gasteiger partial charge is 0.350 e. The summed E-state index contributed by atoms with van der Waals surface area (Å²) in [5, 5.41) is 3.46. The predicted octanol–water partition coefficient (Wildman–Crippen LogP) is 6.06. The first-order valence-corrected chi connectivity index (χ1v) is 13.5. The van der Waals surface area contributed by atoms with Gasteiger partial charge >= 0.3 is 11.9 Å². The van der Waals surface area contributed by atoms with E-state index < -0.39 is 24.5 Å². The molecule has 1 unspecified atom stereocenters. The molecule has 1 atom stereocenters. The van der Waals surface area contributed by atoms with Crippen LogP contribution in [0, 0.1) is 5.92 Å². The number of para-hydroxylation sites is 1. The number of amides is 1. The van der Waals surface area contributed by atoms with E-state index in [0.29, 0.717) is 17.2 Å². The third-order valence-electron chi connectivity index (χ3n) is 6.57. The summed E-state index contributed by atoms with van der Waals surface area (Å²) in [6.45, 7) is 3.61. The number of pyridine rings is 1. The molecule has 1 aliphatic carbocycles. The molecule has 0 saturated heterocycles. The molecule has 0 fully saturated rings. The number of carbonyl (C=O) groups excluding carboxylic acids is 3. The van der Waals surface area contributed by atoms with Crippen LogP contribution in [-0.4, -0.2) is 36.0 Å². The summed E-state index contributed by atoms with van der Waals surface area (Å²) in [6, 6.07) is 18.8. The lowest BCUT2D eigenvalue weighted by molar-refractivity contribution is -0.119. The molecule has 194 valence electrons. The molecule has 8 heteroatoms. The van der Waals surface area contributed by atoms with Gasteiger partial charge in [-0.15, -0.1) is 11.3 Å². The predicted molar refractivity (Wildman–Crippen MR) is 148 cm³/mol. The molecule has 38 heavy (non-hydrogen) atoms. The van der Waals surface area contributed by atoms with Crippen molar-refractivity contribution in [2.75, 3.05) is 18.5 Å². The Morgan fingerprint density at radius 1 is 1.03 bits per heavy atom. The molecule has 1 aliphatic rings. The Balaban J connectivity index is 1.36. The van der Waals surface area contributed by atoms with Gasteiger partial charge in [0.15, 0.2) is 6.61 Å². The van der Waals surface area contributed by atoms with Gasteiger partial charge in [-0.1, -0.05) is 55.5 Å². The van der Waals surface area contributed by atoms with Gasteiger partial charge in [-0.2, -0.15) is 0 Å². The molecular formula is C30H28N2O5S. The fourth-order valence-corrected chi connectivity index (χ4v) is 5.77. The van der Waals surface area contributed by atoms with Crippen LogP contribution in [0.1, 0.15) is 51.6 Å². The second-order valence-corrected chi connectivity index (χ2v) is 10.4. The normalized spacial score (nSPS) is 14.5.